The Labute approximate surface area is 358 Å². The first kappa shape index (κ1) is 35.5. The standard InChI is InChI=1S/C57H37N5/c1-4-15-38(16-5-1)40-19-12-21-44(33-40)55-58-56(45-22-13-20-41(34-45)39-17-6-2-7-18-39)60-57(59-55)46-23-14-26-48(36-46)62-52-28-11-10-27-49(52)50-30-29-42-35-43-31-32-61(47-24-8-3-9-25-47)53(43)37-51(42)54(50)62/h1-37H. The third kappa shape index (κ3) is 6.14. The second-order valence-corrected chi connectivity index (χ2v) is 15.7. The monoisotopic (exact) mass is 791 g/mol. The van der Waals surface area contributed by atoms with Gasteiger partial charge < -0.3 is 9.13 Å². The fourth-order valence-corrected chi connectivity index (χ4v) is 8.98. The maximum atomic E-state index is 5.24. The molecule has 290 valence electrons. The Morgan fingerprint density at radius 3 is 1.45 bits per heavy atom. The van der Waals surface area contributed by atoms with E-state index in [1.54, 1.807) is 0 Å². The van der Waals surface area contributed by atoms with E-state index < -0.39 is 0 Å². The van der Waals surface area contributed by atoms with Crippen LogP contribution < -0.4 is 0 Å². The summed E-state index contributed by atoms with van der Waals surface area (Å²) in [6.07, 6.45) is 2.17. The van der Waals surface area contributed by atoms with Gasteiger partial charge in [0.2, 0.25) is 0 Å². The number of hydrogen-bond donors (Lipinski definition) is 0. The highest BCUT2D eigenvalue weighted by Crippen LogP contribution is 2.39. The number of hydrogen-bond acceptors (Lipinski definition) is 3. The topological polar surface area (TPSA) is 48.5 Å². The molecular weight excluding hydrogens is 755 g/mol. The second-order valence-electron chi connectivity index (χ2n) is 15.7. The fourth-order valence-electron chi connectivity index (χ4n) is 8.98. The minimum absolute atomic E-state index is 0.607. The SMILES string of the molecule is c1ccc(-c2cccc(-c3nc(-c4cccc(-c5ccccc5)c4)nc(-c4cccc(-n5c6ccccc6c6ccc7cc8ccn(-c9ccccc9)c8cc7c65)c4)n3)c2)cc1. The van der Waals surface area contributed by atoms with Crippen LogP contribution in [0.4, 0.5) is 0 Å². The molecule has 0 saturated heterocycles. The minimum atomic E-state index is 0.607. The molecule has 0 bridgehead atoms. The Morgan fingerprint density at radius 1 is 0.290 bits per heavy atom. The van der Waals surface area contributed by atoms with Crippen molar-refractivity contribution in [1.82, 2.24) is 24.1 Å². The first-order valence-electron chi connectivity index (χ1n) is 20.9. The van der Waals surface area contributed by atoms with Crippen molar-refractivity contribution in [2.75, 3.05) is 0 Å². The third-order valence-corrected chi connectivity index (χ3v) is 11.9. The van der Waals surface area contributed by atoms with Crippen LogP contribution in [0, 0.1) is 0 Å². The molecule has 0 aliphatic rings. The van der Waals surface area contributed by atoms with Gasteiger partial charge in [0.1, 0.15) is 0 Å². The van der Waals surface area contributed by atoms with Gasteiger partial charge in [0.15, 0.2) is 17.5 Å². The Hall–Kier alpha value is -8.41. The van der Waals surface area contributed by atoms with Gasteiger partial charge in [-0.15, -0.1) is 0 Å². The van der Waals surface area contributed by atoms with E-state index >= 15 is 0 Å². The molecule has 5 nitrogen and oxygen atoms in total. The third-order valence-electron chi connectivity index (χ3n) is 11.9. The zero-order valence-electron chi connectivity index (χ0n) is 33.6. The zero-order chi connectivity index (χ0) is 41.0. The lowest BCUT2D eigenvalue weighted by Crippen LogP contribution is -2.01. The van der Waals surface area contributed by atoms with Gasteiger partial charge in [0, 0.05) is 55.8 Å². The quantitative estimate of drug-likeness (QED) is 0.162. The number of rotatable bonds is 7. The van der Waals surface area contributed by atoms with Gasteiger partial charge in [-0.25, -0.2) is 15.0 Å². The highest BCUT2D eigenvalue weighted by atomic mass is 15.0. The normalized spacial score (nSPS) is 11.5. The molecule has 0 aliphatic heterocycles. The lowest BCUT2D eigenvalue weighted by molar-refractivity contribution is 1.07. The number of para-hydroxylation sites is 2. The van der Waals surface area contributed by atoms with Crippen LogP contribution in [-0.4, -0.2) is 24.1 Å². The molecule has 0 fully saturated rings. The van der Waals surface area contributed by atoms with E-state index in [9.17, 15) is 0 Å². The van der Waals surface area contributed by atoms with Gasteiger partial charge in [-0.2, -0.15) is 0 Å². The molecule has 9 aromatic carbocycles. The maximum Gasteiger partial charge on any atom is 0.164 e. The average molecular weight is 792 g/mol. The van der Waals surface area contributed by atoms with Crippen molar-refractivity contribution in [2.24, 2.45) is 0 Å². The first-order chi connectivity index (χ1) is 30.7. The number of benzene rings is 9. The minimum Gasteiger partial charge on any atom is -0.317 e. The van der Waals surface area contributed by atoms with Crippen LogP contribution in [0.1, 0.15) is 0 Å². The van der Waals surface area contributed by atoms with Crippen molar-refractivity contribution in [1.29, 1.82) is 0 Å². The summed E-state index contributed by atoms with van der Waals surface area (Å²) in [5.41, 5.74) is 12.9. The molecule has 0 amide bonds. The molecule has 12 aromatic rings. The Bertz CT molecular complexity index is 3520. The van der Waals surface area contributed by atoms with Crippen LogP contribution in [0.25, 0.3) is 111 Å². The molecule has 0 spiro atoms. The van der Waals surface area contributed by atoms with Gasteiger partial charge in [0.05, 0.1) is 16.6 Å². The number of nitrogens with zero attached hydrogens (tertiary/aromatic N) is 5. The van der Waals surface area contributed by atoms with Crippen LogP contribution >= 0.6 is 0 Å². The Balaban J connectivity index is 1.06. The van der Waals surface area contributed by atoms with Crippen molar-refractivity contribution in [3.05, 3.63) is 225 Å². The summed E-state index contributed by atoms with van der Waals surface area (Å²) in [5.74, 6) is 1.84. The molecule has 0 unspecified atom stereocenters. The van der Waals surface area contributed by atoms with Crippen LogP contribution in [0.3, 0.4) is 0 Å². The Morgan fingerprint density at radius 2 is 0.806 bits per heavy atom. The summed E-state index contributed by atoms with van der Waals surface area (Å²) >= 11 is 0. The van der Waals surface area contributed by atoms with Crippen LogP contribution in [0.15, 0.2) is 225 Å². The van der Waals surface area contributed by atoms with E-state index in [1.165, 1.54) is 32.4 Å². The summed E-state index contributed by atoms with van der Waals surface area (Å²) in [4.78, 5) is 15.7. The molecule has 0 atom stereocenters. The van der Waals surface area contributed by atoms with Gasteiger partial charge in [-0.1, -0.05) is 158 Å². The molecule has 3 aromatic heterocycles. The van der Waals surface area contributed by atoms with Gasteiger partial charge >= 0.3 is 0 Å². The summed E-state index contributed by atoms with van der Waals surface area (Å²) in [6, 6.07) is 77.1. The summed E-state index contributed by atoms with van der Waals surface area (Å²) in [6.45, 7) is 0. The van der Waals surface area contributed by atoms with E-state index in [2.05, 4.69) is 222 Å². The van der Waals surface area contributed by atoms with E-state index in [0.717, 1.165) is 61.4 Å². The molecule has 0 saturated carbocycles. The van der Waals surface area contributed by atoms with E-state index in [4.69, 9.17) is 15.0 Å². The molecule has 3 heterocycles. The van der Waals surface area contributed by atoms with Crippen molar-refractivity contribution in [3.63, 3.8) is 0 Å². The maximum absolute atomic E-state index is 5.24. The van der Waals surface area contributed by atoms with Crippen molar-refractivity contribution < 1.29 is 0 Å². The van der Waals surface area contributed by atoms with Crippen molar-refractivity contribution in [3.8, 4) is 67.8 Å². The Kier molecular flexibility index (Phi) is 8.42. The van der Waals surface area contributed by atoms with Crippen LogP contribution in [-0.2, 0) is 0 Å². The zero-order valence-corrected chi connectivity index (χ0v) is 33.6. The largest absolute Gasteiger partial charge is 0.317 e. The lowest BCUT2D eigenvalue weighted by atomic mass is 10.0. The molecule has 0 aliphatic carbocycles. The van der Waals surface area contributed by atoms with E-state index in [-0.39, 0.29) is 0 Å². The summed E-state index contributed by atoms with van der Waals surface area (Å²) in [7, 11) is 0. The fraction of sp³-hybridized carbons (Fsp3) is 0. The first-order valence-corrected chi connectivity index (χ1v) is 20.9. The predicted octanol–water partition coefficient (Wildman–Crippen LogP) is 14.4. The second kappa shape index (κ2) is 14.7. The number of fused-ring (bicyclic) bond motifs is 6. The molecule has 12 rings (SSSR count). The highest BCUT2D eigenvalue weighted by molar-refractivity contribution is 6.20. The smallest absolute Gasteiger partial charge is 0.164 e. The molecular formula is C57H37N5. The molecule has 62 heavy (non-hydrogen) atoms. The van der Waals surface area contributed by atoms with E-state index in [0.29, 0.717) is 17.5 Å². The summed E-state index contributed by atoms with van der Waals surface area (Å²) < 4.78 is 4.69. The van der Waals surface area contributed by atoms with Crippen LogP contribution in [0.2, 0.25) is 0 Å². The average Bonchev–Trinajstić information content (AvgIpc) is 3.93. The molecule has 0 radical (unpaired) electrons. The molecule has 5 heteroatoms. The van der Waals surface area contributed by atoms with Crippen LogP contribution in [0.5, 0.6) is 0 Å². The van der Waals surface area contributed by atoms with Gasteiger partial charge in [-0.3, -0.25) is 0 Å². The van der Waals surface area contributed by atoms with E-state index in [1.807, 2.05) is 12.1 Å². The summed E-state index contributed by atoms with van der Waals surface area (Å²) in [5, 5.41) is 5.99. The van der Waals surface area contributed by atoms with Crippen molar-refractivity contribution >= 4 is 43.5 Å². The van der Waals surface area contributed by atoms with Gasteiger partial charge in [0.25, 0.3) is 0 Å². The highest BCUT2D eigenvalue weighted by Gasteiger charge is 2.19. The molecule has 0 N–H and O–H groups in total. The predicted molar refractivity (Wildman–Crippen MR) is 256 cm³/mol. The lowest BCUT2D eigenvalue weighted by Gasteiger charge is -2.13. The van der Waals surface area contributed by atoms with Crippen molar-refractivity contribution in [2.45, 2.75) is 0 Å². The number of aromatic nitrogens is 5. The van der Waals surface area contributed by atoms with Gasteiger partial charge in [-0.05, 0) is 88.3 Å².